The first-order chi connectivity index (χ1) is 7.28. The Morgan fingerprint density at radius 2 is 2.33 bits per heavy atom. The molecule has 78 valence electrons. The van der Waals surface area contributed by atoms with Crippen molar-refractivity contribution < 1.29 is 5.11 Å². The lowest BCUT2D eigenvalue weighted by atomic mass is 10.3. The Balaban J connectivity index is 2.11. The van der Waals surface area contributed by atoms with E-state index < -0.39 is 0 Å². The maximum atomic E-state index is 8.86. The molecule has 2 aromatic heterocycles. The summed E-state index contributed by atoms with van der Waals surface area (Å²) >= 11 is 3.16. The van der Waals surface area contributed by atoms with Crippen LogP contribution in [-0.4, -0.2) is 15.1 Å². The molecule has 2 heterocycles. The third-order valence-corrected chi connectivity index (χ3v) is 3.78. The largest absolute Gasteiger partial charge is 0.392 e. The van der Waals surface area contributed by atoms with Gasteiger partial charge in [-0.2, -0.15) is 0 Å². The molecule has 0 radical (unpaired) electrons. The summed E-state index contributed by atoms with van der Waals surface area (Å²) < 4.78 is 0.997. The molecule has 0 atom stereocenters. The predicted molar refractivity (Wildman–Crippen MR) is 61.1 cm³/mol. The van der Waals surface area contributed by atoms with Crippen LogP contribution < -0.4 is 0 Å². The number of thiazole rings is 1. The highest BCUT2D eigenvalue weighted by Gasteiger charge is 2.02. The van der Waals surface area contributed by atoms with Crippen molar-refractivity contribution in [3.8, 4) is 0 Å². The van der Waals surface area contributed by atoms with Crippen molar-refractivity contribution in [1.82, 2.24) is 9.97 Å². The number of hydrogen-bond donors (Lipinski definition) is 1. The van der Waals surface area contributed by atoms with Crippen LogP contribution in [0.25, 0.3) is 0 Å². The fraction of sp³-hybridized carbons (Fsp3) is 0.200. The predicted octanol–water partition coefficient (Wildman–Crippen LogP) is 2.49. The molecule has 0 bridgehead atoms. The first-order valence-corrected chi connectivity index (χ1v) is 6.13. The molecule has 0 fully saturated rings. The minimum Gasteiger partial charge on any atom is -0.392 e. The Hall–Kier alpha value is -0.910. The quantitative estimate of drug-likeness (QED) is 0.892. The van der Waals surface area contributed by atoms with Gasteiger partial charge in [0, 0.05) is 17.3 Å². The summed E-state index contributed by atoms with van der Waals surface area (Å²) in [6, 6.07) is 3.77. The van der Waals surface area contributed by atoms with Gasteiger partial charge in [-0.1, -0.05) is 6.07 Å². The van der Waals surface area contributed by atoms with Gasteiger partial charge in [0.1, 0.15) is 5.03 Å². The molecule has 3 nitrogen and oxygen atoms in total. The van der Waals surface area contributed by atoms with Crippen LogP contribution in [0.15, 0.2) is 33.1 Å². The van der Waals surface area contributed by atoms with Gasteiger partial charge in [-0.25, -0.2) is 9.97 Å². The molecule has 0 saturated heterocycles. The Bertz CT molecular complexity index is 439. The van der Waals surface area contributed by atoms with Gasteiger partial charge in [-0.05, 0) is 30.3 Å². The molecule has 0 saturated carbocycles. The van der Waals surface area contributed by atoms with E-state index in [1.54, 1.807) is 29.3 Å². The zero-order valence-corrected chi connectivity index (χ0v) is 9.81. The number of aliphatic hydroxyl groups excluding tert-OH is 1. The SMILES string of the molecule is Cc1csc(Sc2ccc(CO)cn2)n1. The molecular formula is C10H10N2OS2. The van der Waals surface area contributed by atoms with Gasteiger partial charge in [0.15, 0.2) is 4.34 Å². The standard InChI is InChI=1S/C10H10N2OS2/c1-7-6-14-10(12-7)15-9-3-2-8(5-13)4-11-9/h2-4,6,13H,5H2,1H3. The van der Waals surface area contributed by atoms with Crippen molar-refractivity contribution in [2.24, 2.45) is 0 Å². The molecule has 15 heavy (non-hydrogen) atoms. The highest BCUT2D eigenvalue weighted by Crippen LogP contribution is 2.28. The number of nitrogens with zero attached hydrogens (tertiary/aromatic N) is 2. The molecule has 5 heteroatoms. The molecule has 0 aliphatic carbocycles. The molecule has 0 spiro atoms. The number of hydrogen-bond acceptors (Lipinski definition) is 5. The molecule has 0 aromatic carbocycles. The van der Waals surface area contributed by atoms with Crippen LogP contribution in [0.4, 0.5) is 0 Å². The molecule has 2 aromatic rings. The van der Waals surface area contributed by atoms with Crippen molar-refractivity contribution in [2.45, 2.75) is 22.9 Å². The minimum atomic E-state index is 0.0360. The van der Waals surface area contributed by atoms with Crippen LogP contribution in [-0.2, 0) is 6.61 Å². The zero-order chi connectivity index (χ0) is 10.7. The lowest BCUT2D eigenvalue weighted by Crippen LogP contribution is -1.85. The van der Waals surface area contributed by atoms with Crippen LogP contribution in [0.2, 0.25) is 0 Å². The number of aliphatic hydroxyl groups is 1. The Kier molecular flexibility index (Phi) is 3.35. The normalized spacial score (nSPS) is 10.5. The van der Waals surface area contributed by atoms with Crippen LogP contribution in [0.5, 0.6) is 0 Å². The second-order valence-corrected chi connectivity index (χ2v) is 5.15. The van der Waals surface area contributed by atoms with E-state index in [0.717, 1.165) is 20.6 Å². The average Bonchev–Trinajstić information content (AvgIpc) is 2.65. The number of aromatic nitrogens is 2. The van der Waals surface area contributed by atoms with E-state index in [1.165, 1.54) is 0 Å². The van der Waals surface area contributed by atoms with Gasteiger partial charge >= 0.3 is 0 Å². The lowest BCUT2D eigenvalue weighted by Gasteiger charge is -1.98. The van der Waals surface area contributed by atoms with Crippen LogP contribution in [0.3, 0.4) is 0 Å². The smallest absolute Gasteiger partial charge is 0.156 e. The maximum absolute atomic E-state index is 8.86. The van der Waals surface area contributed by atoms with E-state index in [-0.39, 0.29) is 6.61 Å². The summed E-state index contributed by atoms with van der Waals surface area (Å²) in [7, 11) is 0. The fourth-order valence-corrected chi connectivity index (χ4v) is 2.76. The van der Waals surface area contributed by atoms with Crippen molar-refractivity contribution in [3.63, 3.8) is 0 Å². The second kappa shape index (κ2) is 4.74. The molecule has 0 unspecified atom stereocenters. The van der Waals surface area contributed by atoms with Crippen LogP contribution in [0.1, 0.15) is 11.3 Å². The molecular weight excluding hydrogens is 228 g/mol. The third kappa shape index (κ3) is 2.77. The maximum Gasteiger partial charge on any atom is 0.156 e. The highest BCUT2D eigenvalue weighted by molar-refractivity contribution is 8.00. The summed E-state index contributed by atoms with van der Waals surface area (Å²) in [5, 5.41) is 11.8. The molecule has 0 amide bonds. The van der Waals surface area contributed by atoms with Gasteiger partial charge in [0.05, 0.1) is 6.61 Å². The highest BCUT2D eigenvalue weighted by atomic mass is 32.2. The Morgan fingerprint density at radius 1 is 1.47 bits per heavy atom. The molecule has 2 rings (SSSR count). The number of pyridine rings is 1. The summed E-state index contributed by atoms with van der Waals surface area (Å²) in [6.07, 6.45) is 1.68. The third-order valence-electron chi connectivity index (χ3n) is 1.77. The summed E-state index contributed by atoms with van der Waals surface area (Å²) in [6.45, 7) is 2.01. The van der Waals surface area contributed by atoms with Crippen molar-refractivity contribution in [3.05, 3.63) is 35.0 Å². The van der Waals surface area contributed by atoms with Crippen LogP contribution in [0, 0.1) is 6.92 Å². The Labute approximate surface area is 96.2 Å². The van der Waals surface area contributed by atoms with Gasteiger partial charge in [-0.3, -0.25) is 0 Å². The van der Waals surface area contributed by atoms with E-state index in [2.05, 4.69) is 9.97 Å². The van der Waals surface area contributed by atoms with Crippen LogP contribution >= 0.6 is 23.1 Å². The van der Waals surface area contributed by atoms with Crippen molar-refractivity contribution >= 4 is 23.1 Å². The molecule has 0 aliphatic rings. The van der Waals surface area contributed by atoms with E-state index in [4.69, 9.17) is 5.11 Å². The van der Waals surface area contributed by atoms with E-state index in [0.29, 0.717) is 0 Å². The number of aryl methyl sites for hydroxylation is 1. The van der Waals surface area contributed by atoms with Gasteiger partial charge in [0.2, 0.25) is 0 Å². The monoisotopic (exact) mass is 238 g/mol. The molecule has 1 N–H and O–H groups in total. The Morgan fingerprint density at radius 3 is 2.87 bits per heavy atom. The summed E-state index contributed by atoms with van der Waals surface area (Å²) in [5.41, 5.74) is 1.86. The first kappa shape index (κ1) is 10.6. The second-order valence-electron chi connectivity index (χ2n) is 3.02. The minimum absolute atomic E-state index is 0.0360. The van der Waals surface area contributed by atoms with E-state index in [9.17, 15) is 0 Å². The fourth-order valence-electron chi connectivity index (χ4n) is 1.03. The summed E-state index contributed by atoms with van der Waals surface area (Å²) in [5.74, 6) is 0. The number of rotatable bonds is 3. The topological polar surface area (TPSA) is 46.0 Å². The van der Waals surface area contributed by atoms with E-state index >= 15 is 0 Å². The van der Waals surface area contributed by atoms with Gasteiger partial charge < -0.3 is 5.11 Å². The van der Waals surface area contributed by atoms with Gasteiger partial charge in [-0.15, -0.1) is 11.3 Å². The van der Waals surface area contributed by atoms with E-state index in [1.807, 2.05) is 24.4 Å². The van der Waals surface area contributed by atoms with Gasteiger partial charge in [0.25, 0.3) is 0 Å². The first-order valence-electron chi connectivity index (χ1n) is 4.43. The van der Waals surface area contributed by atoms with Crippen molar-refractivity contribution in [2.75, 3.05) is 0 Å². The summed E-state index contributed by atoms with van der Waals surface area (Å²) in [4.78, 5) is 8.56. The zero-order valence-electron chi connectivity index (χ0n) is 8.17. The average molecular weight is 238 g/mol. The van der Waals surface area contributed by atoms with Crippen molar-refractivity contribution in [1.29, 1.82) is 0 Å². The lowest BCUT2D eigenvalue weighted by molar-refractivity contribution is 0.281. The molecule has 0 aliphatic heterocycles.